The number of pyridine rings is 1. The lowest BCUT2D eigenvalue weighted by Gasteiger charge is -2.25. The van der Waals surface area contributed by atoms with Crippen LogP contribution >= 0.6 is 12.2 Å². The summed E-state index contributed by atoms with van der Waals surface area (Å²) in [4.78, 5) is 6.67. The van der Waals surface area contributed by atoms with Crippen LogP contribution in [0.1, 0.15) is 29.7 Å². The van der Waals surface area contributed by atoms with E-state index in [1.165, 1.54) is 24.0 Å². The van der Waals surface area contributed by atoms with E-state index in [0.29, 0.717) is 6.04 Å². The number of hydrogen-bond acceptors (Lipinski definition) is 2. The molecule has 1 aliphatic carbocycles. The molecular weight excluding hydrogens is 290 g/mol. The van der Waals surface area contributed by atoms with Gasteiger partial charge in [0, 0.05) is 17.9 Å². The van der Waals surface area contributed by atoms with Crippen molar-refractivity contribution in [1.82, 2.24) is 9.88 Å². The fourth-order valence-corrected chi connectivity index (χ4v) is 2.77. The van der Waals surface area contributed by atoms with Crippen molar-refractivity contribution in [1.29, 1.82) is 0 Å². The molecule has 1 saturated carbocycles. The summed E-state index contributed by atoms with van der Waals surface area (Å²) in [5, 5.41) is 4.17. The molecule has 3 rings (SSSR count). The second-order valence-corrected chi connectivity index (χ2v) is 6.30. The number of thiocarbonyl (C=S) groups is 1. The summed E-state index contributed by atoms with van der Waals surface area (Å²) < 4.78 is 0. The summed E-state index contributed by atoms with van der Waals surface area (Å²) >= 11 is 5.64. The first-order valence-electron chi connectivity index (χ1n) is 7.68. The molecule has 0 atom stereocenters. The Bertz CT molecular complexity index is 665. The van der Waals surface area contributed by atoms with Crippen LogP contribution in [0.3, 0.4) is 0 Å². The fraction of sp³-hybridized carbons (Fsp3) is 0.333. The molecule has 1 aromatic carbocycles. The van der Waals surface area contributed by atoms with Gasteiger partial charge in [-0.15, -0.1) is 0 Å². The molecule has 4 heteroatoms. The first kappa shape index (κ1) is 15.0. The van der Waals surface area contributed by atoms with Crippen molar-refractivity contribution in [2.45, 2.75) is 39.3 Å². The molecule has 0 radical (unpaired) electrons. The van der Waals surface area contributed by atoms with E-state index in [-0.39, 0.29) is 0 Å². The molecule has 1 aliphatic rings. The number of nitrogens with zero attached hydrogens (tertiary/aromatic N) is 2. The maximum atomic E-state index is 5.64. The van der Waals surface area contributed by atoms with Crippen LogP contribution in [0.15, 0.2) is 42.6 Å². The Morgan fingerprint density at radius 1 is 1.23 bits per heavy atom. The summed E-state index contributed by atoms with van der Waals surface area (Å²) in [5.41, 5.74) is 4.68. The highest BCUT2D eigenvalue weighted by Crippen LogP contribution is 2.29. The minimum atomic E-state index is 0.550. The lowest BCUT2D eigenvalue weighted by atomic mass is 10.1. The van der Waals surface area contributed by atoms with Gasteiger partial charge in [-0.25, -0.2) is 0 Å². The van der Waals surface area contributed by atoms with Crippen LogP contribution in [0.25, 0.3) is 0 Å². The SMILES string of the molecule is Cc1ccc(NC(=S)N(Cc2ccccn2)C2CC2)cc1C. The Hall–Kier alpha value is -1.94. The second kappa shape index (κ2) is 6.44. The summed E-state index contributed by atoms with van der Waals surface area (Å²) in [6, 6.07) is 12.9. The summed E-state index contributed by atoms with van der Waals surface area (Å²) in [6.07, 6.45) is 4.25. The number of hydrogen-bond donors (Lipinski definition) is 1. The number of aryl methyl sites for hydroxylation is 2. The minimum Gasteiger partial charge on any atom is -0.340 e. The van der Waals surface area contributed by atoms with Crippen molar-refractivity contribution >= 4 is 23.0 Å². The Labute approximate surface area is 137 Å². The van der Waals surface area contributed by atoms with Crippen molar-refractivity contribution in [3.8, 4) is 0 Å². The third-order valence-corrected chi connectivity index (χ3v) is 4.40. The van der Waals surface area contributed by atoms with Crippen molar-refractivity contribution in [3.05, 3.63) is 59.4 Å². The number of aromatic nitrogens is 1. The topological polar surface area (TPSA) is 28.2 Å². The highest BCUT2D eigenvalue weighted by Gasteiger charge is 2.31. The zero-order valence-electron chi connectivity index (χ0n) is 13.0. The first-order valence-corrected chi connectivity index (χ1v) is 8.09. The van der Waals surface area contributed by atoms with Gasteiger partial charge in [0.15, 0.2) is 5.11 Å². The Balaban J connectivity index is 1.71. The average Bonchev–Trinajstić information content (AvgIpc) is 3.34. The largest absolute Gasteiger partial charge is 0.340 e. The minimum absolute atomic E-state index is 0.550. The zero-order chi connectivity index (χ0) is 15.5. The molecule has 0 saturated heterocycles. The van der Waals surface area contributed by atoms with Crippen LogP contribution < -0.4 is 5.32 Å². The van der Waals surface area contributed by atoms with Crippen LogP contribution in [-0.2, 0) is 6.54 Å². The third kappa shape index (κ3) is 3.63. The van der Waals surface area contributed by atoms with Crippen molar-refractivity contribution < 1.29 is 0 Å². The lowest BCUT2D eigenvalue weighted by Crippen LogP contribution is -2.36. The van der Waals surface area contributed by atoms with Gasteiger partial charge in [0.1, 0.15) is 0 Å². The predicted molar refractivity (Wildman–Crippen MR) is 94.9 cm³/mol. The predicted octanol–water partition coefficient (Wildman–Crippen LogP) is 4.06. The molecule has 2 aromatic rings. The van der Waals surface area contributed by atoms with Gasteiger partial charge in [0.25, 0.3) is 0 Å². The fourth-order valence-electron chi connectivity index (χ4n) is 2.43. The van der Waals surface area contributed by atoms with Crippen molar-refractivity contribution in [2.75, 3.05) is 5.32 Å². The van der Waals surface area contributed by atoms with Gasteiger partial charge in [-0.05, 0) is 74.3 Å². The molecule has 0 unspecified atom stereocenters. The smallest absolute Gasteiger partial charge is 0.174 e. The zero-order valence-corrected chi connectivity index (χ0v) is 13.9. The van der Waals surface area contributed by atoms with Crippen LogP contribution in [-0.4, -0.2) is 21.0 Å². The molecule has 0 spiro atoms. The van der Waals surface area contributed by atoms with Gasteiger partial charge in [-0.2, -0.15) is 0 Å². The number of rotatable bonds is 4. The highest BCUT2D eigenvalue weighted by molar-refractivity contribution is 7.80. The molecule has 1 aromatic heterocycles. The molecule has 1 fully saturated rings. The van der Waals surface area contributed by atoms with Gasteiger partial charge in [-0.3, -0.25) is 4.98 Å². The number of anilines is 1. The van der Waals surface area contributed by atoms with E-state index in [0.717, 1.165) is 23.0 Å². The number of nitrogens with one attached hydrogen (secondary N) is 1. The Morgan fingerprint density at radius 3 is 2.68 bits per heavy atom. The van der Waals surface area contributed by atoms with E-state index < -0.39 is 0 Å². The lowest BCUT2D eigenvalue weighted by molar-refractivity contribution is 0.404. The molecule has 1 N–H and O–H groups in total. The van der Waals surface area contributed by atoms with E-state index in [2.05, 4.69) is 47.2 Å². The van der Waals surface area contributed by atoms with E-state index in [9.17, 15) is 0 Å². The highest BCUT2D eigenvalue weighted by atomic mass is 32.1. The molecule has 0 aliphatic heterocycles. The maximum absolute atomic E-state index is 5.64. The maximum Gasteiger partial charge on any atom is 0.174 e. The number of benzene rings is 1. The molecule has 3 nitrogen and oxygen atoms in total. The van der Waals surface area contributed by atoms with Crippen LogP contribution in [0, 0.1) is 13.8 Å². The molecule has 0 amide bonds. The molecule has 22 heavy (non-hydrogen) atoms. The van der Waals surface area contributed by atoms with E-state index in [1.807, 2.05) is 24.4 Å². The van der Waals surface area contributed by atoms with E-state index in [1.54, 1.807) is 0 Å². The van der Waals surface area contributed by atoms with Gasteiger partial charge in [-0.1, -0.05) is 12.1 Å². The molecule has 0 bridgehead atoms. The molecular formula is C18H21N3S. The first-order chi connectivity index (χ1) is 10.6. The monoisotopic (exact) mass is 311 g/mol. The van der Waals surface area contributed by atoms with E-state index in [4.69, 9.17) is 12.2 Å². The summed E-state index contributed by atoms with van der Waals surface area (Å²) in [6.45, 7) is 5.01. The average molecular weight is 311 g/mol. The van der Waals surface area contributed by atoms with Gasteiger partial charge < -0.3 is 10.2 Å². The third-order valence-electron chi connectivity index (χ3n) is 4.07. The van der Waals surface area contributed by atoms with Gasteiger partial charge in [0.2, 0.25) is 0 Å². The Morgan fingerprint density at radius 2 is 2.05 bits per heavy atom. The van der Waals surface area contributed by atoms with Crippen LogP contribution in [0.5, 0.6) is 0 Å². The van der Waals surface area contributed by atoms with Gasteiger partial charge >= 0.3 is 0 Å². The van der Waals surface area contributed by atoms with Gasteiger partial charge in [0.05, 0.1) is 12.2 Å². The second-order valence-electron chi connectivity index (χ2n) is 5.91. The van der Waals surface area contributed by atoms with Crippen LogP contribution in [0.2, 0.25) is 0 Å². The molecule has 1 heterocycles. The van der Waals surface area contributed by atoms with Crippen LogP contribution in [0.4, 0.5) is 5.69 Å². The standard InChI is InChI=1S/C18H21N3S/c1-13-6-7-15(11-14(13)2)20-18(22)21(17-8-9-17)12-16-5-3-4-10-19-16/h3-7,10-11,17H,8-9,12H2,1-2H3,(H,20,22). The normalized spacial score (nSPS) is 13.7. The summed E-state index contributed by atoms with van der Waals surface area (Å²) in [5.74, 6) is 0. The summed E-state index contributed by atoms with van der Waals surface area (Å²) in [7, 11) is 0. The quantitative estimate of drug-likeness (QED) is 0.862. The Kier molecular flexibility index (Phi) is 4.39. The molecule has 114 valence electrons. The van der Waals surface area contributed by atoms with Crippen molar-refractivity contribution in [3.63, 3.8) is 0 Å². The van der Waals surface area contributed by atoms with E-state index >= 15 is 0 Å². The van der Waals surface area contributed by atoms with Crippen molar-refractivity contribution in [2.24, 2.45) is 0 Å².